The molecular formula is C16H18BrIN2. The fraction of sp³-hybridized carbons (Fsp3) is 0.250. The van der Waals surface area contributed by atoms with E-state index < -0.39 is 0 Å². The maximum Gasteiger partial charge on any atom is 0.0724 e. The molecule has 1 unspecified atom stereocenters. The maximum absolute atomic E-state index is 5.84. The fourth-order valence-electron chi connectivity index (χ4n) is 2.38. The SMILES string of the molecule is Cc1cc(C)c(C(NN)c2cc(I)ccc2Br)cc1C. The third kappa shape index (κ3) is 3.24. The van der Waals surface area contributed by atoms with Gasteiger partial charge in [-0.1, -0.05) is 28.1 Å². The van der Waals surface area contributed by atoms with Crippen molar-refractivity contribution in [2.45, 2.75) is 26.8 Å². The predicted octanol–water partition coefficient (Wildman–Crippen LogP) is 4.53. The molecule has 4 heteroatoms. The summed E-state index contributed by atoms with van der Waals surface area (Å²) in [6, 6.07) is 10.7. The van der Waals surface area contributed by atoms with Crippen molar-refractivity contribution >= 4 is 38.5 Å². The number of hydrazine groups is 1. The first-order valence-electron chi connectivity index (χ1n) is 6.43. The molecule has 0 amide bonds. The van der Waals surface area contributed by atoms with Crippen molar-refractivity contribution in [2.75, 3.05) is 0 Å². The summed E-state index contributed by atoms with van der Waals surface area (Å²) < 4.78 is 2.26. The Kier molecular flexibility index (Phi) is 5.23. The van der Waals surface area contributed by atoms with Gasteiger partial charge in [0, 0.05) is 8.04 Å². The first kappa shape index (κ1) is 15.9. The van der Waals surface area contributed by atoms with Crippen LogP contribution in [0, 0.1) is 24.3 Å². The van der Waals surface area contributed by atoms with E-state index in [-0.39, 0.29) is 6.04 Å². The van der Waals surface area contributed by atoms with Gasteiger partial charge in [-0.2, -0.15) is 0 Å². The first-order valence-corrected chi connectivity index (χ1v) is 8.30. The molecule has 0 heterocycles. The smallest absolute Gasteiger partial charge is 0.0724 e. The topological polar surface area (TPSA) is 38.0 Å². The molecule has 3 N–H and O–H groups in total. The Balaban J connectivity index is 2.58. The van der Waals surface area contributed by atoms with Crippen molar-refractivity contribution in [3.05, 3.63) is 66.2 Å². The number of rotatable bonds is 3. The molecule has 0 aliphatic rings. The van der Waals surface area contributed by atoms with Gasteiger partial charge in [-0.25, -0.2) is 5.43 Å². The average Bonchev–Trinajstić information content (AvgIpc) is 2.40. The molecule has 106 valence electrons. The summed E-state index contributed by atoms with van der Waals surface area (Å²) in [5.41, 5.74) is 9.18. The highest BCUT2D eigenvalue weighted by Crippen LogP contribution is 2.32. The molecule has 0 spiro atoms. The van der Waals surface area contributed by atoms with Gasteiger partial charge in [0.25, 0.3) is 0 Å². The molecule has 0 saturated heterocycles. The van der Waals surface area contributed by atoms with Crippen molar-refractivity contribution < 1.29 is 0 Å². The van der Waals surface area contributed by atoms with E-state index in [4.69, 9.17) is 5.84 Å². The highest BCUT2D eigenvalue weighted by molar-refractivity contribution is 14.1. The van der Waals surface area contributed by atoms with Crippen LogP contribution in [0.2, 0.25) is 0 Å². The zero-order chi connectivity index (χ0) is 14.9. The monoisotopic (exact) mass is 444 g/mol. The number of nitrogens with one attached hydrogen (secondary N) is 1. The molecule has 20 heavy (non-hydrogen) atoms. The third-order valence-corrected chi connectivity index (χ3v) is 5.02. The molecule has 2 aromatic rings. The van der Waals surface area contributed by atoms with Gasteiger partial charge in [0.1, 0.15) is 0 Å². The zero-order valence-corrected chi connectivity index (χ0v) is 15.5. The molecule has 0 radical (unpaired) electrons. The highest BCUT2D eigenvalue weighted by atomic mass is 127. The maximum atomic E-state index is 5.84. The molecule has 2 rings (SSSR count). The standard InChI is InChI=1S/C16H18BrIN2/c1-9-6-11(3)13(7-10(9)2)16(20-19)14-8-12(18)4-5-15(14)17/h4-8,16,20H,19H2,1-3H3. The van der Waals surface area contributed by atoms with Crippen LogP contribution in [-0.4, -0.2) is 0 Å². The second kappa shape index (κ2) is 6.56. The molecule has 2 aromatic carbocycles. The minimum atomic E-state index is -0.0154. The van der Waals surface area contributed by atoms with Gasteiger partial charge < -0.3 is 0 Å². The number of benzene rings is 2. The van der Waals surface area contributed by atoms with Crippen molar-refractivity contribution in [1.82, 2.24) is 5.43 Å². The van der Waals surface area contributed by atoms with Crippen LogP contribution in [0.1, 0.15) is 33.9 Å². The van der Waals surface area contributed by atoms with Crippen LogP contribution in [0.25, 0.3) is 0 Å². The lowest BCUT2D eigenvalue weighted by atomic mass is 9.92. The molecular weight excluding hydrogens is 427 g/mol. The van der Waals surface area contributed by atoms with Gasteiger partial charge in [-0.3, -0.25) is 5.84 Å². The molecule has 1 atom stereocenters. The van der Waals surface area contributed by atoms with Gasteiger partial charge in [0.2, 0.25) is 0 Å². The van der Waals surface area contributed by atoms with Crippen LogP contribution in [0.4, 0.5) is 0 Å². The Morgan fingerprint density at radius 3 is 2.30 bits per heavy atom. The number of hydrogen-bond acceptors (Lipinski definition) is 2. The number of halogens is 2. The third-order valence-electron chi connectivity index (χ3n) is 3.63. The van der Waals surface area contributed by atoms with Crippen molar-refractivity contribution in [2.24, 2.45) is 5.84 Å². The van der Waals surface area contributed by atoms with E-state index in [1.54, 1.807) is 0 Å². The van der Waals surface area contributed by atoms with Crippen LogP contribution >= 0.6 is 38.5 Å². The number of nitrogens with two attached hydrogens (primary N) is 1. The first-order chi connectivity index (χ1) is 9.43. The van der Waals surface area contributed by atoms with Crippen molar-refractivity contribution in [1.29, 1.82) is 0 Å². The summed E-state index contributed by atoms with van der Waals surface area (Å²) in [5, 5.41) is 0. The molecule has 0 bridgehead atoms. The average molecular weight is 445 g/mol. The number of aryl methyl sites for hydroxylation is 3. The molecule has 2 nitrogen and oxygen atoms in total. The molecule has 0 fully saturated rings. The van der Waals surface area contributed by atoms with Crippen LogP contribution in [-0.2, 0) is 0 Å². The van der Waals surface area contributed by atoms with E-state index >= 15 is 0 Å². The molecule has 0 saturated carbocycles. The lowest BCUT2D eigenvalue weighted by molar-refractivity contribution is 0.630. The van der Waals surface area contributed by atoms with E-state index in [2.05, 4.69) is 95.0 Å². The van der Waals surface area contributed by atoms with Crippen LogP contribution in [0.15, 0.2) is 34.8 Å². The molecule has 0 aliphatic carbocycles. The lowest BCUT2D eigenvalue weighted by Crippen LogP contribution is -2.30. The molecule has 0 aromatic heterocycles. The van der Waals surface area contributed by atoms with Crippen LogP contribution in [0.5, 0.6) is 0 Å². The second-order valence-corrected chi connectivity index (χ2v) is 7.16. The summed E-state index contributed by atoms with van der Waals surface area (Å²) in [6.45, 7) is 6.40. The molecule has 0 aliphatic heterocycles. The largest absolute Gasteiger partial charge is 0.271 e. The van der Waals surface area contributed by atoms with E-state index in [0.717, 1.165) is 10.0 Å². The van der Waals surface area contributed by atoms with Crippen molar-refractivity contribution in [3.63, 3.8) is 0 Å². The normalized spacial score (nSPS) is 12.5. The summed E-state index contributed by atoms with van der Waals surface area (Å²) >= 11 is 5.95. The highest BCUT2D eigenvalue weighted by Gasteiger charge is 2.18. The van der Waals surface area contributed by atoms with E-state index in [0.29, 0.717) is 0 Å². The Morgan fingerprint density at radius 1 is 1.00 bits per heavy atom. The van der Waals surface area contributed by atoms with Crippen LogP contribution < -0.4 is 11.3 Å². The minimum Gasteiger partial charge on any atom is -0.271 e. The summed E-state index contributed by atoms with van der Waals surface area (Å²) in [5.74, 6) is 5.84. The lowest BCUT2D eigenvalue weighted by Gasteiger charge is -2.22. The zero-order valence-electron chi connectivity index (χ0n) is 11.8. The Bertz CT molecular complexity index is 641. The van der Waals surface area contributed by atoms with E-state index in [9.17, 15) is 0 Å². The Morgan fingerprint density at radius 2 is 1.65 bits per heavy atom. The van der Waals surface area contributed by atoms with Crippen molar-refractivity contribution in [3.8, 4) is 0 Å². The number of hydrogen-bond donors (Lipinski definition) is 2. The Labute approximate surface area is 142 Å². The minimum absolute atomic E-state index is 0.0154. The van der Waals surface area contributed by atoms with Gasteiger partial charge in [0.15, 0.2) is 0 Å². The van der Waals surface area contributed by atoms with Gasteiger partial charge in [-0.05, 0) is 89.4 Å². The van der Waals surface area contributed by atoms with E-state index in [1.165, 1.54) is 25.8 Å². The summed E-state index contributed by atoms with van der Waals surface area (Å²) in [4.78, 5) is 0. The fourth-order valence-corrected chi connectivity index (χ4v) is 3.37. The van der Waals surface area contributed by atoms with Gasteiger partial charge in [0.05, 0.1) is 6.04 Å². The quantitative estimate of drug-likeness (QED) is 0.414. The Hall–Kier alpha value is -0.430. The predicted molar refractivity (Wildman–Crippen MR) is 96.7 cm³/mol. The summed E-state index contributed by atoms with van der Waals surface area (Å²) in [6.07, 6.45) is 0. The summed E-state index contributed by atoms with van der Waals surface area (Å²) in [7, 11) is 0. The van der Waals surface area contributed by atoms with Gasteiger partial charge in [-0.15, -0.1) is 0 Å². The van der Waals surface area contributed by atoms with Gasteiger partial charge >= 0.3 is 0 Å². The second-order valence-electron chi connectivity index (χ2n) is 5.06. The van der Waals surface area contributed by atoms with Crippen LogP contribution in [0.3, 0.4) is 0 Å². The van der Waals surface area contributed by atoms with E-state index in [1.807, 2.05) is 0 Å².